The standard InChI is InChI=1S/C14H8N4O6/c15-10-7(12(20)21)6(8(13(22)23)11(19)18-10)4-2-1-3-5-9(4)17-14(24)16-5/h1-3H,(H,20,21)(H,22,23)(H3,15,18,19). The number of aromatic nitrogens is 1. The first-order valence-electron chi connectivity index (χ1n) is 6.44. The second-order valence-electron chi connectivity index (χ2n) is 4.78. The van der Waals surface area contributed by atoms with Crippen LogP contribution in [0.1, 0.15) is 20.7 Å². The van der Waals surface area contributed by atoms with Crippen molar-refractivity contribution in [3.05, 3.63) is 50.4 Å². The quantitative estimate of drug-likeness (QED) is 0.581. The summed E-state index contributed by atoms with van der Waals surface area (Å²) < 4.78 is 0. The van der Waals surface area contributed by atoms with Gasteiger partial charge >= 0.3 is 18.0 Å². The fourth-order valence-corrected chi connectivity index (χ4v) is 2.48. The van der Waals surface area contributed by atoms with Crippen molar-refractivity contribution >= 4 is 23.8 Å². The molecule has 1 aromatic carbocycles. The lowest BCUT2D eigenvalue weighted by Gasteiger charge is -2.11. The van der Waals surface area contributed by atoms with Crippen LogP contribution < -0.4 is 22.0 Å². The van der Waals surface area contributed by atoms with Crippen LogP contribution in [0.2, 0.25) is 0 Å². The summed E-state index contributed by atoms with van der Waals surface area (Å²) >= 11 is 0. The molecular weight excluding hydrogens is 320 g/mol. The minimum Gasteiger partial charge on any atom is -0.478 e. The average molecular weight is 328 g/mol. The number of urea groups is 1. The van der Waals surface area contributed by atoms with Crippen LogP contribution in [0.4, 0.5) is 10.6 Å². The van der Waals surface area contributed by atoms with Gasteiger partial charge in [-0.15, -0.1) is 0 Å². The van der Waals surface area contributed by atoms with Crippen LogP contribution in [0.15, 0.2) is 33.0 Å². The van der Waals surface area contributed by atoms with Crippen LogP contribution in [-0.2, 0) is 0 Å². The molecule has 0 bridgehead atoms. The van der Waals surface area contributed by atoms with Crippen molar-refractivity contribution in [3.8, 4) is 11.1 Å². The Morgan fingerprint density at radius 1 is 1.04 bits per heavy atom. The Labute approximate surface area is 131 Å². The number of carbonyl (C=O) groups excluding carboxylic acids is 1. The summed E-state index contributed by atoms with van der Waals surface area (Å²) in [5.74, 6) is -3.70. The molecule has 0 aliphatic carbocycles. The number of aromatic carboxylic acids is 2. The summed E-state index contributed by atoms with van der Waals surface area (Å²) in [7, 11) is 0. The number of benzene rings is 1. The largest absolute Gasteiger partial charge is 0.478 e. The van der Waals surface area contributed by atoms with Gasteiger partial charge in [0.05, 0.1) is 5.36 Å². The van der Waals surface area contributed by atoms with Crippen molar-refractivity contribution in [1.29, 1.82) is 0 Å². The average Bonchev–Trinajstić information content (AvgIpc) is 2.85. The first-order valence-corrected chi connectivity index (χ1v) is 6.44. The minimum atomic E-state index is -1.65. The molecule has 2 heterocycles. The molecule has 1 aliphatic heterocycles. The molecule has 24 heavy (non-hydrogen) atoms. The lowest BCUT2D eigenvalue weighted by molar-refractivity contribution is 0.0695. The Kier molecular flexibility index (Phi) is 3.22. The van der Waals surface area contributed by atoms with Crippen molar-refractivity contribution in [3.63, 3.8) is 0 Å². The first-order chi connectivity index (χ1) is 11.3. The number of aromatic amines is 1. The summed E-state index contributed by atoms with van der Waals surface area (Å²) in [4.78, 5) is 55.7. The van der Waals surface area contributed by atoms with E-state index in [1.165, 1.54) is 18.2 Å². The predicted molar refractivity (Wildman–Crippen MR) is 78.5 cm³/mol. The number of hydrogen-bond acceptors (Lipinski definition) is 5. The molecule has 0 saturated heterocycles. The molecule has 1 aliphatic rings. The Hall–Kier alpha value is -3.82. The van der Waals surface area contributed by atoms with Gasteiger partial charge in [-0.3, -0.25) is 4.79 Å². The lowest BCUT2D eigenvalue weighted by atomic mass is 9.95. The van der Waals surface area contributed by atoms with Crippen molar-refractivity contribution < 1.29 is 24.6 Å². The van der Waals surface area contributed by atoms with E-state index in [-0.39, 0.29) is 16.3 Å². The number of nitrogens with zero attached hydrogens (tertiary/aromatic N) is 2. The second-order valence-corrected chi connectivity index (χ2v) is 4.78. The molecule has 0 fully saturated rings. The van der Waals surface area contributed by atoms with Crippen LogP contribution in [0.3, 0.4) is 0 Å². The number of H-pyrrole nitrogens is 1. The zero-order valence-electron chi connectivity index (χ0n) is 11.7. The van der Waals surface area contributed by atoms with Crippen LogP contribution in [0.25, 0.3) is 11.1 Å². The summed E-state index contributed by atoms with van der Waals surface area (Å²) in [5, 5.41) is 18.8. The normalized spacial score (nSPS) is 12.2. The summed E-state index contributed by atoms with van der Waals surface area (Å²) in [6.07, 6.45) is 0. The molecule has 0 spiro atoms. The van der Waals surface area contributed by atoms with E-state index in [9.17, 15) is 29.4 Å². The van der Waals surface area contributed by atoms with Crippen LogP contribution in [-0.4, -0.2) is 33.2 Å². The summed E-state index contributed by atoms with van der Waals surface area (Å²) in [6.45, 7) is 0. The van der Waals surface area contributed by atoms with Gasteiger partial charge in [-0.25, -0.2) is 14.4 Å². The van der Waals surface area contributed by atoms with Gasteiger partial charge in [0.1, 0.15) is 22.3 Å². The number of nitrogen functional groups attached to an aromatic ring is 1. The minimum absolute atomic E-state index is 0.0162. The first kappa shape index (κ1) is 15.1. The topological polar surface area (TPSA) is 175 Å². The molecule has 10 heteroatoms. The molecule has 5 N–H and O–H groups in total. The number of rotatable bonds is 3. The molecule has 2 aromatic rings. The van der Waals surface area contributed by atoms with Gasteiger partial charge in [-0.05, 0) is 6.07 Å². The monoisotopic (exact) mass is 328 g/mol. The summed E-state index contributed by atoms with van der Waals surface area (Å²) in [5.41, 5.74) is 2.60. The van der Waals surface area contributed by atoms with Crippen molar-refractivity contribution in [1.82, 2.24) is 4.98 Å². The van der Waals surface area contributed by atoms with Crippen molar-refractivity contribution in [2.75, 3.05) is 5.73 Å². The fraction of sp³-hybridized carbons (Fsp3) is 0. The van der Waals surface area contributed by atoms with E-state index in [0.717, 1.165) is 0 Å². The van der Waals surface area contributed by atoms with Gasteiger partial charge in [0.15, 0.2) is 0 Å². The van der Waals surface area contributed by atoms with Crippen molar-refractivity contribution in [2.45, 2.75) is 0 Å². The van der Waals surface area contributed by atoms with E-state index in [4.69, 9.17) is 5.73 Å². The van der Waals surface area contributed by atoms with Crippen LogP contribution >= 0.6 is 0 Å². The van der Waals surface area contributed by atoms with Gasteiger partial charge in [0.25, 0.3) is 5.56 Å². The number of fused-ring (bicyclic) bond motifs is 1. The number of hydrogen-bond donors (Lipinski definition) is 4. The van der Waals surface area contributed by atoms with Gasteiger partial charge in [-0.2, -0.15) is 9.98 Å². The number of nitrogens with one attached hydrogen (secondary N) is 1. The second kappa shape index (κ2) is 5.12. The number of anilines is 1. The summed E-state index contributed by atoms with van der Waals surface area (Å²) in [6, 6.07) is 3.40. The lowest BCUT2D eigenvalue weighted by Crippen LogP contribution is -2.29. The van der Waals surface area contributed by atoms with E-state index >= 15 is 0 Å². The number of nitrogens with two attached hydrogens (primary N) is 1. The number of amides is 2. The van der Waals surface area contributed by atoms with Gasteiger partial charge in [0, 0.05) is 11.1 Å². The molecule has 0 saturated carbocycles. The van der Waals surface area contributed by atoms with Crippen LogP contribution in [0.5, 0.6) is 0 Å². The smallest absolute Gasteiger partial charge is 0.368 e. The molecule has 0 radical (unpaired) electrons. The maximum atomic E-state index is 12.0. The highest BCUT2D eigenvalue weighted by atomic mass is 16.4. The Bertz CT molecular complexity index is 1120. The van der Waals surface area contributed by atoms with Gasteiger partial charge in [0.2, 0.25) is 0 Å². The number of carboxylic acid groups (broad SMARTS) is 2. The number of pyridine rings is 1. The molecular formula is C14H8N4O6. The molecule has 3 rings (SSSR count). The van der Waals surface area contributed by atoms with Gasteiger partial charge in [-0.1, -0.05) is 12.1 Å². The van der Waals surface area contributed by atoms with E-state index in [1.807, 2.05) is 4.98 Å². The zero-order valence-corrected chi connectivity index (χ0v) is 11.7. The number of carbonyl (C=O) groups is 3. The maximum absolute atomic E-state index is 12.0. The molecule has 1 aromatic heterocycles. The Morgan fingerprint density at radius 2 is 1.71 bits per heavy atom. The highest BCUT2D eigenvalue weighted by Gasteiger charge is 2.28. The molecule has 0 atom stereocenters. The molecule has 0 unspecified atom stereocenters. The van der Waals surface area contributed by atoms with E-state index in [2.05, 4.69) is 9.98 Å². The third-order valence-corrected chi connectivity index (χ3v) is 3.38. The SMILES string of the molecule is Nc1[nH]c(=O)c(C(=O)O)c(-c2cccc3c2=NC(=O)N=3)c1C(=O)O. The van der Waals surface area contributed by atoms with E-state index in [0.29, 0.717) is 0 Å². The molecule has 10 nitrogen and oxygen atoms in total. The molecule has 120 valence electrons. The third kappa shape index (κ3) is 2.13. The van der Waals surface area contributed by atoms with E-state index < -0.39 is 46.0 Å². The Balaban J connectivity index is 2.58. The highest BCUT2D eigenvalue weighted by Crippen LogP contribution is 2.26. The molecule has 2 amide bonds. The predicted octanol–water partition coefficient (Wildman–Crippen LogP) is -0.607. The number of para-hydroxylation sites is 1. The fourth-order valence-electron chi connectivity index (χ4n) is 2.48. The number of carboxylic acids is 2. The van der Waals surface area contributed by atoms with Crippen molar-refractivity contribution in [2.24, 2.45) is 9.98 Å². The maximum Gasteiger partial charge on any atom is 0.368 e. The zero-order chi connectivity index (χ0) is 17.6. The Morgan fingerprint density at radius 3 is 2.33 bits per heavy atom. The highest BCUT2D eigenvalue weighted by molar-refractivity contribution is 6.07. The van der Waals surface area contributed by atoms with Crippen LogP contribution in [0, 0.1) is 0 Å². The third-order valence-electron chi connectivity index (χ3n) is 3.38. The van der Waals surface area contributed by atoms with Gasteiger partial charge < -0.3 is 20.9 Å². The van der Waals surface area contributed by atoms with E-state index in [1.54, 1.807) is 0 Å².